The number of likely N-dealkylation sites (tertiary alicyclic amines) is 1. The molecule has 0 bridgehead atoms. The molecule has 1 amide bonds. The lowest BCUT2D eigenvalue weighted by atomic mass is 9.89. The Morgan fingerprint density at radius 3 is 3.08 bits per heavy atom. The van der Waals surface area contributed by atoms with E-state index >= 15 is 0 Å². The van der Waals surface area contributed by atoms with Gasteiger partial charge in [0.05, 0.1) is 24.4 Å². The predicted octanol–water partition coefficient (Wildman–Crippen LogP) is 0.828. The highest BCUT2D eigenvalue weighted by molar-refractivity contribution is 5.91. The molecular weight excluding hydrogens is 320 g/mol. The van der Waals surface area contributed by atoms with Crippen LogP contribution in [0.15, 0.2) is 31.0 Å². The second kappa shape index (κ2) is 6.89. The van der Waals surface area contributed by atoms with Crippen LogP contribution >= 0.6 is 0 Å². The number of aromatic nitrogens is 4. The second-order valence-electron chi connectivity index (χ2n) is 6.73. The Morgan fingerprint density at radius 1 is 1.40 bits per heavy atom. The van der Waals surface area contributed by atoms with Gasteiger partial charge in [-0.25, -0.2) is 4.98 Å². The molecule has 0 aliphatic carbocycles. The first-order chi connectivity index (χ1) is 12.2. The standard InChI is InChI=1S/C17H22N6O2/c1-22-9-12(7-20-22)10-23-11-13(6-15-14(23)2-5-25-15)17(24)21-16-8-18-3-4-19-16/h3-4,7-9,13-15H,2,5-6,10-11H2,1H3,(H,19,21,24)/t13-,14-,15-/m1/s1. The molecule has 3 atom stereocenters. The Labute approximate surface area is 146 Å². The van der Waals surface area contributed by atoms with Crippen LogP contribution in [-0.4, -0.2) is 55.9 Å². The number of amides is 1. The van der Waals surface area contributed by atoms with Crippen molar-refractivity contribution in [3.63, 3.8) is 0 Å². The van der Waals surface area contributed by atoms with Gasteiger partial charge in [-0.1, -0.05) is 0 Å². The number of ether oxygens (including phenoxy) is 1. The molecule has 2 aliphatic heterocycles. The predicted molar refractivity (Wildman–Crippen MR) is 90.5 cm³/mol. The number of carbonyl (C=O) groups is 1. The minimum Gasteiger partial charge on any atom is -0.377 e. The quantitative estimate of drug-likeness (QED) is 0.886. The van der Waals surface area contributed by atoms with Gasteiger partial charge in [0.2, 0.25) is 5.91 Å². The summed E-state index contributed by atoms with van der Waals surface area (Å²) in [5.41, 5.74) is 1.16. The van der Waals surface area contributed by atoms with Gasteiger partial charge in [0, 0.05) is 56.9 Å². The average molecular weight is 342 g/mol. The molecule has 2 aromatic heterocycles. The fraction of sp³-hybridized carbons (Fsp3) is 0.529. The van der Waals surface area contributed by atoms with Crippen molar-refractivity contribution in [2.24, 2.45) is 13.0 Å². The number of nitrogens with one attached hydrogen (secondary N) is 1. The van der Waals surface area contributed by atoms with Crippen LogP contribution in [0.1, 0.15) is 18.4 Å². The normalized spacial score (nSPS) is 26.4. The second-order valence-corrected chi connectivity index (χ2v) is 6.73. The fourth-order valence-electron chi connectivity index (χ4n) is 3.81. The minimum absolute atomic E-state index is 0.0226. The summed E-state index contributed by atoms with van der Waals surface area (Å²) in [6.45, 7) is 2.26. The number of fused-ring (bicyclic) bond motifs is 1. The fourth-order valence-corrected chi connectivity index (χ4v) is 3.81. The largest absolute Gasteiger partial charge is 0.377 e. The van der Waals surface area contributed by atoms with Gasteiger partial charge in [0.1, 0.15) is 0 Å². The molecule has 4 rings (SSSR count). The lowest BCUT2D eigenvalue weighted by Gasteiger charge is -2.40. The molecule has 2 saturated heterocycles. The molecule has 2 aromatic rings. The van der Waals surface area contributed by atoms with Crippen molar-refractivity contribution < 1.29 is 9.53 Å². The van der Waals surface area contributed by atoms with Crippen LogP contribution in [0.25, 0.3) is 0 Å². The van der Waals surface area contributed by atoms with E-state index in [4.69, 9.17) is 4.74 Å². The maximum atomic E-state index is 12.7. The smallest absolute Gasteiger partial charge is 0.230 e. The summed E-state index contributed by atoms with van der Waals surface area (Å²) in [5, 5.41) is 7.11. The Morgan fingerprint density at radius 2 is 2.32 bits per heavy atom. The van der Waals surface area contributed by atoms with Gasteiger partial charge in [-0.05, 0) is 12.8 Å². The van der Waals surface area contributed by atoms with E-state index in [2.05, 4.69) is 25.3 Å². The summed E-state index contributed by atoms with van der Waals surface area (Å²) in [6, 6.07) is 0.376. The monoisotopic (exact) mass is 342 g/mol. The van der Waals surface area contributed by atoms with Gasteiger partial charge in [0.15, 0.2) is 5.82 Å². The van der Waals surface area contributed by atoms with Crippen molar-refractivity contribution in [3.8, 4) is 0 Å². The van der Waals surface area contributed by atoms with E-state index in [0.717, 1.165) is 31.6 Å². The van der Waals surface area contributed by atoms with Gasteiger partial charge in [-0.3, -0.25) is 19.4 Å². The number of hydrogen-bond acceptors (Lipinski definition) is 6. The van der Waals surface area contributed by atoms with Crippen molar-refractivity contribution in [1.29, 1.82) is 0 Å². The molecule has 0 radical (unpaired) electrons. The first-order valence-electron chi connectivity index (χ1n) is 8.59. The molecule has 1 N–H and O–H groups in total. The van der Waals surface area contributed by atoms with Crippen LogP contribution in [0.4, 0.5) is 5.82 Å². The van der Waals surface area contributed by atoms with Crippen LogP contribution in [-0.2, 0) is 23.1 Å². The van der Waals surface area contributed by atoms with E-state index in [1.165, 1.54) is 0 Å². The molecule has 2 fully saturated rings. The summed E-state index contributed by atoms with van der Waals surface area (Å²) in [5.74, 6) is 0.337. The molecule has 8 nitrogen and oxygen atoms in total. The highest BCUT2D eigenvalue weighted by atomic mass is 16.5. The lowest BCUT2D eigenvalue weighted by Crippen LogP contribution is -2.51. The van der Waals surface area contributed by atoms with Gasteiger partial charge >= 0.3 is 0 Å². The highest BCUT2D eigenvalue weighted by Gasteiger charge is 2.42. The van der Waals surface area contributed by atoms with Crippen LogP contribution in [0.3, 0.4) is 0 Å². The average Bonchev–Trinajstić information content (AvgIpc) is 3.24. The first kappa shape index (κ1) is 16.2. The summed E-state index contributed by atoms with van der Waals surface area (Å²) >= 11 is 0. The van der Waals surface area contributed by atoms with E-state index in [-0.39, 0.29) is 17.9 Å². The topological polar surface area (TPSA) is 85.2 Å². The Hall–Kier alpha value is -2.32. The third-order valence-electron chi connectivity index (χ3n) is 4.94. The van der Waals surface area contributed by atoms with Crippen molar-refractivity contribution in [2.45, 2.75) is 31.5 Å². The maximum Gasteiger partial charge on any atom is 0.230 e. The highest BCUT2D eigenvalue weighted by Crippen LogP contribution is 2.32. The Balaban J connectivity index is 1.46. The Kier molecular flexibility index (Phi) is 4.46. The van der Waals surface area contributed by atoms with Crippen molar-refractivity contribution in [3.05, 3.63) is 36.5 Å². The molecule has 8 heteroatoms. The molecule has 0 aromatic carbocycles. The summed E-state index contributed by atoms with van der Waals surface area (Å²) < 4.78 is 7.70. The number of rotatable bonds is 4. The summed E-state index contributed by atoms with van der Waals surface area (Å²) in [4.78, 5) is 23.1. The number of anilines is 1. The summed E-state index contributed by atoms with van der Waals surface area (Å²) in [7, 11) is 1.92. The molecular formula is C17H22N6O2. The number of piperidine rings is 1. The molecule has 0 unspecified atom stereocenters. The number of aryl methyl sites for hydroxylation is 1. The van der Waals surface area contributed by atoms with E-state index in [1.54, 1.807) is 23.3 Å². The zero-order valence-corrected chi connectivity index (χ0v) is 14.2. The van der Waals surface area contributed by atoms with Crippen LogP contribution in [0.2, 0.25) is 0 Å². The van der Waals surface area contributed by atoms with Crippen LogP contribution < -0.4 is 5.32 Å². The van der Waals surface area contributed by atoms with E-state index in [1.807, 2.05) is 19.4 Å². The van der Waals surface area contributed by atoms with E-state index in [0.29, 0.717) is 18.4 Å². The molecule has 0 saturated carbocycles. The van der Waals surface area contributed by atoms with Crippen molar-refractivity contribution >= 4 is 11.7 Å². The molecule has 2 aliphatic rings. The Bertz CT molecular complexity index is 734. The first-order valence-corrected chi connectivity index (χ1v) is 8.59. The van der Waals surface area contributed by atoms with Crippen LogP contribution in [0, 0.1) is 5.92 Å². The minimum atomic E-state index is -0.127. The molecule has 0 spiro atoms. The third kappa shape index (κ3) is 3.54. The summed E-state index contributed by atoms with van der Waals surface area (Å²) in [6.07, 6.45) is 10.5. The lowest BCUT2D eigenvalue weighted by molar-refractivity contribution is -0.124. The zero-order valence-electron chi connectivity index (χ0n) is 14.2. The van der Waals surface area contributed by atoms with E-state index < -0.39 is 0 Å². The number of nitrogens with zero attached hydrogens (tertiary/aromatic N) is 5. The SMILES string of the molecule is Cn1cc(CN2C[C@H](C(=O)Nc3cnccn3)C[C@H]3OCC[C@H]32)cn1. The number of carbonyl (C=O) groups excluding carboxylic acids is 1. The van der Waals surface area contributed by atoms with Gasteiger partial charge in [-0.15, -0.1) is 0 Å². The zero-order chi connectivity index (χ0) is 17.2. The van der Waals surface area contributed by atoms with Gasteiger partial charge in [-0.2, -0.15) is 5.10 Å². The third-order valence-corrected chi connectivity index (χ3v) is 4.94. The molecule has 132 valence electrons. The van der Waals surface area contributed by atoms with Crippen molar-refractivity contribution in [1.82, 2.24) is 24.6 Å². The van der Waals surface area contributed by atoms with Crippen LogP contribution in [0.5, 0.6) is 0 Å². The number of hydrogen-bond donors (Lipinski definition) is 1. The molecule has 25 heavy (non-hydrogen) atoms. The van der Waals surface area contributed by atoms with Gasteiger partial charge < -0.3 is 10.1 Å². The van der Waals surface area contributed by atoms with Gasteiger partial charge in [0.25, 0.3) is 0 Å². The van der Waals surface area contributed by atoms with Crippen molar-refractivity contribution in [2.75, 3.05) is 18.5 Å². The molecule has 4 heterocycles. The maximum absolute atomic E-state index is 12.7. The van der Waals surface area contributed by atoms with E-state index in [9.17, 15) is 4.79 Å².